The van der Waals surface area contributed by atoms with Crippen molar-refractivity contribution < 1.29 is 25.1 Å². The Morgan fingerprint density at radius 2 is 0.495 bits per heavy atom. The van der Waals surface area contributed by atoms with Crippen molar-refractivity contribution in [3.05, 3.63) is 100 Å². The molecule has 530 valence electrons. The standard InChI is InChI=1S/C50H84N2Si2.2C18H37.Pd/c1-11-21-25-26-27-28-32-48-47(31-24-14-4)49(45-35-41(29-22-12-2)33-43(37-45)39-53(15-5,16-6)17-7)52(51)50(48)46-36-42(30-23-13-3)34-44(38-46)40-54(18-8,19-9)20-10;2*1-3-5-7-9-11-13-15-17-18-16-14-12-10-8-6-4-2;/h33-38H,11-32,39-40H2,1-10H3;2*1,3-18H2,2H3;/q;2*-1;+2. The third kappa shape index (κ3) is 40.2. The quantitative estimate of drug-likeness (QED) is 0.0273. The molecule has 0 saturated heterocycles. The Hall–Kier alpha value is -1.38. The van der Waals surface area contributed by atoms with Crippen molar-refractivity contribution in [1.29, 1.82) is 0 Å². The number of nitrogens with zero attached hydrogens (tertiary/aromatic N) is 2. The normalized spacial score (nSPS) is 12.6. The monoisotopic (exact) mass is 1380 g/mol. The van der Waals surface area contributed by atoms with Crippen LogP contribution in [0.2, 0.25) is 36.3 Å². The molecule has 2 aromatic carbocycles. The topological polar surface area (TPSA) is 25.3 Å². The number of hydrogen-bond donors (Lipinski definition) is 0. The molecule has 0 bridgehead atoms. The number of unbranched alkanes of at least 4 members (excludes halogenated alkanes) is 38. The zero-order valence-corrected chi connectivity index (χ0v) is 67.2. The molecule has 0 aliphatic carbocycles. The van der Waals surface area contributed by atoms with Crippen LogP contribution in [-0.2, 0) is 45.4 Å². The van der Waals surface area contributed by atoms with Gasteiger partial charge in [0.05, 0.1) is 16.1 Å². The molecule has 2 nitrogen and oxygen atoms in total. The van der Waals surface area contributed by atoms with E-state index in [1.54, 1.807) is 4.70 Å². The zero-order chi connectivity index (χ0) is 66.2. The molecule has 0 atom stereocenters. The van der Waals surface area contributed by atoms with E-state index in [-0.39, 0.29) is 20.4 Å². The fourth-order valence-electron chi connectivity index (χ4n) is 14.5. The molecule has 1 heterocycles. The van der Waals surface area contributed by atoms with Crippen LogP contribution in [0.3, 0.4) is 0 Å². The van der Waals surface area contributed by atoms with E-state index in [4.69, 9.17) is 0 Å². The molecule has 0 spiro atoms. The Balaban J connectivity index is 0.00000178. The van der Waals surface area contributed by atoms with Gasteiger partial charge in [-0.2, -0.15) is 12.8 Å². The van der Waals surface area contributed by atoms with Gasteiger partial charge in [-0.25, -0.2) is 4.70 Å². The summed E-state index contributed by atoms with van der Waals surface area (Å²) < 4.78 is 1.72. The molecular formula is C86H158N2PdSi2. The Morgan fingerprint density at radius 3 is 0.747 bits per heavy atom. The molecule has 3 rings (SSSR count). The Morgan fingerprint density at radius 1 is 0.275 bits per heavy atom. The van der Waals surface area contributed by atoms with Gasteiger partial charge in [0.25, 0.3) is 0 Å². The van der Waals surface area contributed by atoms with Crippen molar-refractivity contribution in [3.8, 4) is 0 Å². The fourth-order valence-corrected chi connectivity index (χ4v) is 21.1. The van der Waals surface area contributed by atoms with Gasteiger partial charge in [0.15, 0.2) is 0 Å². The first-order valence-corrected chi connectivity index (χ1v) is 46.5. The molecule has 0 amide bonds. The molecule has 0 N–H and O–H groups in total. The first-order chi connectivity index (χ1) is 44.0. The van der Waals surface area contributed by atoms with Gasteiger partial charge in [-0.1, -0.05) is 375 Å². The van der Waals surface area contributed by atoms with Gasteiger partial charge in [-0.3, -0.25) is 0 Å². The van der Waals surface area contributed by atoms with Crippen molar-refractivity contribution in [2.75, 3.05) is 0 Å². The smallest absolute Gasteiger partial charge is 0.493 e. The number of aryl methyl sites for hydroxylation is 2. The van der Waals surface area contributed by atoms with Crippen LogP contribution in [0.4, 0.5) is 0 Å². The molecule has 0 unspecified atom stereocenters. The largest absolute Gasteiger partial charge is 2.00 e. The summed E-state index contributed by atoms with van der Waals surface area (Å²) in [5.41, 5.74) is 26.4. The van der Waals surface area contributed by atoms with Crippen LogP contribution in [0.1, 0.15) is 412 Å². The van der Waals surface area contributed by atoms with Crippen molar-refractivity contribution in [2.24, 2.45) is 0 Å². The maximum absolute atomic E-state index is 12.9. The van der Waals surface area contributed by atoms with Crippen LogP contribution in [0.25, 0.3) is 16.9 Å². The van der Waals surface area contributed by atoms with Crippen LogP contribution in [-0.4, -0.2) is 20.8 Å². The zero-order valence-electron chi connectivity index (χ0n) is 63.7. The molecule has 0 radical (unpaired) electrons. The van der Waals surface area contributed by atoms with E-state index in [9.17, 15) is 5.53 Å². The number of benzene rings is 2. The minimum atomic E-state index is -1.40. The Labute approximate surface area is 588 Å². The molecule has 5 heteroatoms. The Kier molecular flexibility index (Phi) is 60.1. The summed E-state index contributed by atoms with van der Waals surface area (Å²) >= 11 is 0. The van der Waals surface area contributed by atoms with E-state index < -0.39 is 16.1 Å². The van der Waals surface area contributed by atoms with Crippen molar-refractivity contribution in [3.63, 3.8) is 0 Å². The summed E-state index contributed by atoms with van der Waals surface area (Å²) in [5.74, 6) is 0. The first kappa shape index (κ1) is 89.6. The summed E-state index contributed by atoms with van der Waals surface area (Å²) in [4.78, 5) is 0. The van der Waals surface area contributed by atoms with Crippen LogP contribution in [0, 0.1) is 13.8 Å². The third-order valence-electron chi connectivity index (χ3n) is 21.6. The summed E-state index contributed by atoms with van der Waals surface area (Å²) in [6.45, 7) is 36.3. The van der Waals surface area contributed by atoms with Gasteiger partial charge in [0, 0.05) is 22.3 Å². The average Bonchev–Trinajstić information content (AvgIpc) is 1.62. The predicted octanol–water partition coefficient (Wildman–Crippen LogP) is 30.8. The SMILES string of the molecule is CCCCCCCCC1=C(c2cc(CCCC)cc(C[Si](CC)(CC)CC)c2)[N+](=[N-])C(c2cc(CCCC)cc(C[Si](CC)(CC)CC)c2)=C1CCCC.[CH2-]CCCCCCCCCCCCCCCCC.[CH2-]CCCCCCCCCCCCCCCCC.[Pd+2]. The molecule has 0 aromatic heterocycles. The third-order valence-corrected chi connectivity index (χ3v) is 32.9. The van der Waals surface area contributed by atoms with Crippen molar-refractivity contribution in [1.82, 2.24) is 0 Å². The number of allylic oxidation sites excluding steroid dienone is 2. The van der Waals surface area contributed by atoms with E-state index in [2.05, 4.69) is 133 Å². The van der Waals surface area contributed by atoms with Gasteiger partial charge < -0.3 is 19.4 Å². The average molecular weight is 1380 g/mol. The first-order valence-electron chi connectivity index (χ1n) is 40.8. The minimum absolute atomic E-state index is 0. The van der Waals surface area contributed by atoms with Gasteiger partial charge in [0.2, 0.25) is 11.4 Å². The molecule has 1 aliphatic heterocycles. The van der Waals surface area contributed by atoms with Crippen LogP contribution in [0.5, 0.6) is 0 Å². The number of hydrogen-bond acceptors (Lipinski definition) is 0. The summed E-state index contributed by atoms with van der Waals surface area (Å²) in [5, 5.41) is 0. The summed E-state index contributed by atoms with van der Waals surface area (Å²) in [6.07, 6.45) is 64.9. The Bertz CT molecular complexity index is 1980. The molecule has 0 fully saturated rings. The van der Waals surface area contributed by atoms with Gasteiger partial charge in [0.1, 0.15) is 0 Å². The maximum Gasteiger partial charge on any atom is 2.00 e. The minimum Gasteiger partial charge on any atom is -0.493 e. The molecule has 0 saturated carbocycles. The number of rotatable bonds is 58. The van der Waals surface area contributed by atoms with Crippen molar-refractivity contribution >= 4 is 27.5 Å². The van der Waals surface area contributed by atoms with E-state index in [1.165, 1.54) is 350 Å². The van der Waals surface area contributed by atoms with E-state index in [1.807, 2.05) is 0 Å². The summed E-state index contributed by atoms with van der Waals surface area (Å²) in [7, 11) is -2.79. The maximum atomic E-state index is 12.9. The van der Waals surface area contributed by atoms with Gasteiger partial charge in [-0.15, -0.1) is 0 Å². The van der Waals surface area contributed by atoms with E-state index >= 15 is 0 Å². The molecular weight excluding hydrogens is 1220 g/mol. The van der Waals surface area contributed by atoms with Crippen LogP contribution < -0.4 is 0 Å². The molecule has 91 heavy (non-hydrogen) atoms. The fraction of sp³-hybridized carbons (Fsp3) is 0.791. The second-order valence-corrected chi connectivity index (χ2v) is 39.9. The van der Waals surface area contributed by atoms with E-state index in [0.29, 0.717) is 0 Å². The van der Waals surface area contributed by atoms with Crippen LogP contribution in [0.15, 0.2) is 47.5 Å². The molecule has 1 aliphatic rings. The van der Waals surface area contributed by atoms with Crippen molar-refractivity contribution in [2.45, 2.75) is 440 Å². The second-order valence-electron chi connectivity index (χ2n) is 29.0. The van der Waals surface area contributed by atoms with Crippen LogP contribution >= 0.6 is 0 Å². The van der Waals surface area contributed by atoms with Gasteiger partial charge >= 0.3 is 20.4 Å². The summed E-state index contributed by atoms with van der Waals surface area (Å²) in [6, 6.07) is 25.6. The predicted molar refractivity (Wildman–Crippen MR) is 417 cm³/mol. The second kappa shape index (κ2) is 61.0. The van der Waals surface area contributed by atoms with Gasteiger partial charge in [-0.05, 0) is 110 Å². The van der Waals surface area contributed by atoms with E-state index in [0.717, 1.165) is 62.8 Å². The molecule has 2 aromatic rings.